The molecule has 0 unspecified atom stereocenters. The van der Waals surface area contributed by atoms with Gasteiger partial charge in [0.1, 0.15) is 10.7 Å². The summed E-state index contributed by atoms with van der Waals surface area (Å²) in [7, 11) is 0. The summed E-state index contributed by atoms with van der Waals surface area (Å²) in [4.78, 5) is 0. The summed E-state index contributed by atoms with van der Waals surface area (Å²) in [6.45, 7) is 5.75. The number of hydrogen-bond acceptors (Lipinski definition) is 5. The molecule has 2 aromatic heterocycles. The number of nitrogens with one attached hydrogen (secondary N) is 1. The average molecular weight is 237 g/mol. The van der Waals surface area contributed by atoms with E-state index in [0.29, 0.717) is 6.54 Å². The topological polar surface area (TPSA) is 55.6 Å². The fraction of sp³-hybridized carbons (Fsp3) is 0.500. The Balaban J connectivity index is 2.06. The molecule has 0 aliphatic carbocycles. The van der Waals surface area contributed by atoms with E-state index < -0.39 is 0 Å². The van der Waals surface area contributed by atoms with Gasteiger partial charge < -0.3 is 5.32 Å². The second-order valence-electron chi connectivity index (χ2n) is 3.63. The Kier molecular flexibility index (Phi) is 3.51. The molecule has 0 atom stereocenters. The molecule has 0 fully saturated rings. The van der Waals surface area contributed by atoms with Gasteiger partial charge in [-0.15, -0.1) is 5.10 Å². The minimum Gasteiger partial charge on any atom is -0.374 e. The molecule has 16 heavy (non-hydrogen) atoms. The molecule has 5 nitrogen and oxygen atoms in total. The minimum atomic E-state index is 0.677. The van der Waals surface area contributed by atoms with Crippen molar-refractivity contribution >= 4 is 16.5 Å². The van der Waals surface area contributed by atoms with Crippen LogP contribution in [-0.2, 0) is 6.54 Å². The summed E-state index contributed by atoms with van der Waals surface area (Å²) in [5, 5.41) is 12.8. The smallest absolute Gasteiger partial charge is 0.135 e. The number of nitrogens with zero attached hydrogens (tertiary/aromatic N) is 4. The molecule has 0 aliphatic heterocycles. The van der Waals surface area contributed by atoms with Gasteiger partial charge in [0.2, 0.25) is 0 Å². The third-order valence-corrected chi connectivity index (χ3v) is 2.90. The largest absolute Gasteiger partial charge is 0.374 e. The van der Waals surface area contributed by atoms with Crippen molar-refractivity contribution in [3.8, 4) is 0 Å². The Morgan fingerprint density at radius 1 is 1.50 bits per heavy atom. The summed E-state index contributed by atoms with van der Waals surface area (Å²) >= 11 is 1.40. The van der Waals surface area contributed by atoms with Crippen molar-refractivity contribution in [3.05, 3.63) is 23.7 Å². The Morgan fingerprint density at radius 3 is 3.06 bits per heavy atom. The van der Waals surface area contributed by atoms with Crippen LogP contribution in [0.4, 0.5) is 5.00 Å². The molecule has 0 radical (unpaired) electrons. The molecule has 0 aliphatic rings. The van der Waals surface area contributed by atoms with Crippen molar-refractivity contribution < 1.29 is 0 Å². The van der Waals surface area contributed by atoms with Crippen LogP contribution in [-0.4, -0.2) is 25.9 Å². The van der Waals surface area contributed by atoms with Crippen molar-refractivity contribution in [2.45, 2.75) is 26.8 Å². The van der Waals surface area contributed by atoms with Crippen LogP contribution >= 0.6 is 11.5 Å². The first-order valence-corrected chi connectivity index (χ1v) is 6.12. The summed E-state index contributed by atoms with van der Waals surface area (Å²) in [5.74, 6) is 0. The van der Waals surface area contributed by atoms with Gasteiger partial charge in [0.15, 0.2) is 0 Å². The fourth-order valence-electron chi connectivity index (χ4n) is 1.39. The van der Waals surface area contributed by atoms with E-state index in [1.54, 1.807) is 0 Å². The Hall–Kier alpha value is -1.43. The minimum absolute atomic E-state index is 0.677. The van der Waals surface area contributed by atoms with Crippen molar-refractivity contribution in [2.75, 3.05) is 11.9 Å². The SMILES string of the molecule is CCCNc1snnc1Cn1ccc(C)n1. The number of rotatable bonds is 5. The molecule has 0 amide bonds. The summed E-state index contributed by atoms with van der Waals surface area (Å²) in [6.07, 6.45) is 3.05. The third kappa shape index (κ3) is 2.57. The number of anilines is 1. The van der Waals surface area contributed by atoms with Crippen LogP contribution in [0.2, 0.25) is 0 Å². The van der Waals surface area contributed by atoms with Crippen LogP contribution in [0.3, 0.4) is 0 Å². The van der Waals surface area contributed by atoms with Gasteiger partial charge in [0.05, 0.1) is 12.2 Å². The van der Waals surface area contributed by atoms with Crippen LogP contribution in [0.5, 0.6) is 0 Å². The van der Waals surface area contributed by atoms with Gasteiger partial charge in [-0.3, -0.25) is 4.68 Å². The highest BCUT2D eigenvalue weighted by Crippen LogP contribution is 2.18. The maximum Gasteiger partial charge on any atom is 0.135 e. The second kappa shape index (κ2) is 5.07. The highest BCUT2D eigenvalue weighted by molar-refractivity contribution is 7.10. The van der Waals surface area contributed by atoms with Crippen LogP contribution in [0.15, 0.2) is 12.3 Å². The van der Waals surface area contributed by atoms with E-state index in [1.165, 1.54) is 11.5 Å². The van der Waals surface area contributed by atoms with E-state index in [9.17, 15) is 0 Å². The maximum absolute atomic E-state index is 4.33. The number of hydrogen-bond donors (Lipinski definition) is 1. The molecular weight excluding hydrogens is 222 g/mol. The van der Waals surface area contributed by atoms with E-state index in [-0.39, 0.29) is 0 Å². The zero-order valence-electron chi connectivity index (χ0n) is 9.47. The fourth-order valence-corrected chi connectivity index (χ4v) is 1.99. The monoisotopic (exact) mass is 237 g/mol. The van der Waals surface area contributed by atoms with Crippen molar-refractivity contribution in [3.63, 3.8) is 0 Å². The van der Waals surface area contributed by atoms with Crippen LogP contribution < -0.4 is 5.32 Å². The first-order chi connectivity index (χ1) is 7.79. The average Bonchev–Trinajstić information content (AvgIpc) is 2.86. The van der Waals surface area contributed by atoms with Crippen molar-refractivity contribution in [2.24, 2.45) is 0 Å². The van der Waals surface area contributed by atoms with Gasteiger partial charge in [-0.25, -0.2) is 0 Å². The Bertz CT molecular complexity index is 448. The normalized spacial score (nSPS) is 10.6. The van der Waals surface area contributed by atoms with Gasteiger partial charge >= 0.3 is 0 Å². The molecular formula is C10H15N5S. The number of aromatic nitrogens is 4. The molecule has 2 rings (SSSR count). The Labute approximate surface area is 98.7 Å². The molecule has 6 heteroatoms. The van der Waals surface area contributed by atoms with Crippen molar-refractivity contribution in [1.82, 2.24) is 19.4 Å². The van der Waals surface area contributed by atoms with E-state index in [0.717, 1.165) is 29.4 Å². The predicted octanol–water partition coefficient (Wildman–Crippen LogP) is 1.91. The van der Waals surface area contributed by atoms with E-state index >= 15 is 0 Å². The van der Waals surface area contributed by atoms with Crippen molar-refractivity contribution in [1.29, 1.82) is 0 Å². The summed E-state index contributed by atoms with van der Waals surface area (Å²) < 4.78 is 5.84. The lowest BCUT2D eigenvalue weighted by Gasteiger charge is -2.03. The molecule has 0 saturated carbocycles. The lowest BCUT2D eigenvalue weighted by Crippen LogP contribution is -2.05. The molecule has 0 bridgehead atoms. The standard InChI is InChI=1S/C10H15N5S/c1-3-5-11-10-9(12-14-16-10)7-15-6-4-8(2)13-15/h4,6,11H,3,5,7H2,1-2H3. The zero-order chi connectivity index (χ0) is 11.4. The second-order valence-corrected chi connectivity index (χ2v) is 4.38. The molecule has 0 spiro atoms. The van der Waals surface area contributed by atoms with Gasteiger partial charge in [-0.1, -0.05) is 11.4 Å². The highest BCUT2D eigenvalue weighted by Gasteiger charge is 2.08. The quantitative estimate of drug-likeness (QED) is 0.863. The van der Waals surface area contributed by atoms with E-state index in [1.807, 2.05) is 23.9 Å². The van der Waals surface area contributed by atoms with Gasteiger partial charge in [-0.05, 0) is 19.4 Å². The van der Waals surface area contributed by atoms with E-state index in [2.05, 4.69) is 26.9 Å². The van der Waals surface area contributed by atoms with Crippen LogP contribution in [0.25, 0.3) is 0 Å². The zero-order valence-corrected chi connectivity index (χ0v) is 10.3. The third-order valence-electron chi connectivity index (χ3n) is 2.18. The number of aryl methyl sites for hydroxylation is 1. The molecule has 1 N–H and O–H groups in total. The highest BCUT2D eigenvalue weighted by atomic mass is 32.1. The summed E-state index contributed by atoms with van der Waals surface area (Å²) in [5.41, 5.74) is 1.98. The lowest BCUT2D eigenvalue weighted by molar-refractivity contribution is 0.664. The maximum atomic E-state index is 4.33. The van der Waals surface area contributed by atoms with Crippen LogP contribution in [0, 0.1) is 6.92 Å². The molecule has 2 heterocycles. The van der Waals surface area contributed by atoms with Gasteiger partial charge in [0, 0.05) is 24.3 Å². The lowest BCUT2D eigenvalue weighted by atomic mass is 10.4. The Morgan fingerprint density at radius 2 is 2.38 bits per heavy atom. The molecule has 86 valence electrons. The predicted molar refractivity (Wildman–Crippen MR) is 64.8 cm³/mol. The van der Waals surface area contributed by atoms with Crippen LogP contribution in [0.1, 0.15) is 24.7 Å². The summed E-state index contributed by atoms with van der Waals surface area (Å²) in [6, 6.07) is 1.99. The molecule has 0 aromatic carbocycles. The van der Waals surface area contributed by atoms with Gasteiger partial charge in [-0.2, -0.15) is 5.10 Å². The first-order valence-electron chi connectivity index (χ1n) is 5.34. The van der Waals surface area contributed by atoms with E-state index in [4.69, 9.17) is 0 Å². The first kappa shape index (κ1) is 11.1. The van der Waals surface area contributed by atoms with Gasteiger partial charge in [0.25, 0.3) is 0 Å². The molecule has 2 aromatic rings. The molecule has 0 saturated heterocycles.